The molecule has 3 aromatic rings. The van der Waals surface area contributed by atoms with E-state index in [1.165, 1.54) is 16.2 Å². The summed E-state index contributed by atoms with van der Waals surface area (Å²) in [4.78, 5) is 35.1. The van der Waals surface area contributed by atoms with Crippen LogP contribution < -0.4 is 10.2 Å². The van der Waals surface area contributed by atoms with Crippen LogP contribution in [0.2, 0.25) is 0 Å². The molecule has 0 atom stereocenters. The molecule has 1 N–H and O–H groups in total. The molecule has 3 rings (SSSR count). The van der Waals surface area contributed by atoms with E-state index in [0.29, 0.717) is 10.6 Å². The van der Waals surface area contributed by atoms with Crippen molar-refractivity contribution in [2.24, 2.45) is 0 Å². The Kier molecular flexibility index (Phi) is 6.58. The summed E-state index contributed by atoms with van der Waals surface area (Å²) < 4.78 is 1.03. The first-order chi connectivity index (χ1) is 13.4. The van der Waals surface area contributed by atoms with Crippen LogP contribution in [0.25, 0.3) is 9.53 Å². The second-order valence-electron chi connectivity index (χ2n) is 6.19. The standard InChI is InChI=1S/C19H22N4O2S3/c1-5-23(6-2)18-21-17-15(28-18)11-14(27-17)16(24)20-12-7-9-13(10-8-12)26-19(25)22(3)4/h7-11H,5-6H2,1-4H3,(H,20,24). The van der Waals surface area contributed by atoms with Crippen molar-refractivity contribution in [3.63, 3.8) is 0 Å². The van der Waals surface area contributed by atoms with Crippen molar-refractivity contribution in [2.75, 3.05) is 37.4 Å². The van der Waals surface area contributed by atoms with Gasteiger partial charge in [-0.1, -0.05) is 11.3 Å². The number of carbonyl (C=O) groups excluding carboxylic acids is 2. The number of benzene rings is 1. The van der Waals surface area contributed by atoms with Crippen LogP contribution in [-0.2, 0) is 0 Å². The van der Waals surface area contributed by atoms with Crippen molar-refractivity contribution in [1.29, 1.82) is 0 Å². The average Bonchev–Trinajstić information content (AvgIpc) is 3.23. The third-order valence-electron chi connectivity index (χ3n) is 4.02. The largest absolute Gasteiger partial charge is 0.349 e. The summed E-state index contributed by atoms with van der Waals surface area (Å²) in [7, 11) is 3.44. The number of hydrogen-bond donors (Lipinski definition) is 1. The van der Waals surface area contributed by atoms with E-state index in [0.717, 1.165) is 44.4 Å². The van der Waals surface area contributed by atoms with Crippen LogP contribution in [0.4, 0.5) is 15.6 Å². The minimum Gasteiger partial charge on any atom is -0.349 e. The number of thiophene rings is 1. The summed E-state index contributed by atoms with van der Waals surface area (Å²) >= 11 is 4.17. The zero-order chi connectivity index (χ0) is 20.3. The Morgan fingerprint density at radius 3 is 2.36 bits per heavy atom. The van der Waals surface area contributed by atoms with Gasteiger partial charge in [-0.2, -0.15) is 0 Å². The fraction of sp³-hybridized carbons (Fsp3) is 0.316. The van der Waals surface area contributed by atoms with Crippen molar-refractivity contribution in [1.82, 2.24) is 9.88 Å². The van der Waals surface area contributed by atoms with Crippen molar-refractivity contribution < 1.29 is 9.59 Å². The van der Waals surface area contributed by atoms with Gasteiger partial charge in [0.1, 0.15) is 4.83 Å². The van der Waals surface area contributed by atoms with Gasteiger partial charge in [0.25, 0.3) is 11.1 Å². The molecule has 0 aliphatic rings. The first kappa shape index (κ1) is 20.6. The van der Waals surface area contributed by atoms with E-state index in [-0.39, 0.29) is 11.1 Å². The summed E-state index contributed by atoms with van der Waals surface area (Å²) in [6, 6.07) is 9.16. The van der Waals surface area contributed by atoms with E-state index in [2.05, 4.69) is 29.0 Å². The summed E-state index contributed by atoms with van der Waals surface area (Å²) in [6.45, 7) is 6.05. The van der Waals surface area contributed by atoms with E-state index in [4.69, 9.17) is 0 Å². The molecular formula is C19H22N4O2S3. The Hall–Kier alpha value is -2.10. The highest BCUT2D eigenvalue weighted by atomic mass is 32.2. The average molecular weight is 435 g/mol. The van der Waals surface area contributed by atoms with Crippen molar-refractivity contribution in [3.05, 3.63) is 35.2 Å². The fourth-order valence-corrected chi connectivity index (χ4v) is 5.35. The van der Waals surface area contributed by atoms with Crippen LogP contribution in [0.1, 0.15) is 23.5 Å². The van der Waals surface area contributed by atoms with E-state index in [1.54, 1.807) is 37.6 Å². The molecule has 6 nitrogen and oxygen atoms in total. The Morgan fingerprint density at radius 2 is 1.79 bits per heavy atom. The topological polar surface area (TPSA) is 65.5 Å². The first-order valence-electron chi connectivity index (χ1n) is 8.87. The van der Waals surface area contributed by atoms with Gasteiger partial charge in [0.15, 0.2) is 5.13 Å². The van der Waals surface area contributed by atoms with Gasteiger partial charge in [0.2, 0.25) is 0 Å². The molecule has 0 radical (unpaired) electrons. The highest BCUT2D eigenvalue weighted by Gasteiger charge is 2.16. The highest BCUT2D eigenvalue weighted by molar-refractivity contribution is 8.13. The molecule has 0 aliphatic heterocycles. The lowest BCUT2D eigenvalue weighted by Gasteiger charge is -2.16. The number of nitrogens with one attached hydrogen (secondary N) is 1. The van der Waals surface area contributed by atoms with Crippen LogP contribution in [0.3, 0.4) is 0 Å². The molecule has 0 saturated carbocycles. The normalized spacial score (nSPS) is 10.9. The van der Waals surface area contributed by atoms with E-state index in [9.17, 15) is 9.59 Å². The van der Waals surface area contributed by atoms with E-state index in [1.807, 2.05) is 18.2 Å². The molecular weight excluding hydrogens is 412 g/mol. The molecule has 0 spiro atoms. The third-order valence-corrected chi connectivity index (χ3v) is 7.29. The van der Waals surface area contributed by atoms with Crippen LogP contribution in [0.15, 0.2) is 35.2 Å². The van der Waals surface area contributed by atoms with E-state index < -0.39 is 0 Å². The zero-order valence-electron chi connectivity index (χ0n) is 16.2. The van der Waals surface area contributed by atoms with Gasteiger partial charge < -0.3 is 15.1 Å². The van der Waals surface area contributed by atoms with Gasteiger partial charge in [0, 0.05) is 37.8 Å². The Bertz CT molecular complexity index is 943. The minimum atomic E-state index is -0.149. The zero-order valence-corrected chi connectivity index (χ0v) is 18.6. The van der Waals surface area contributed by atoms with E-state index >= 15 is 0 Å². The van der Waals surface area contributed by atoms with Crippen molar-refractivity contribution in [3.8, 4) is 0 Å². The number of nitrogens with zero attached hydrogens (tertiary/aromatic N) is 3. The van der Waals surface area contributed by atoms with Crippen LogP contribution in [0, 0.1) is 0 Å². The fourth-order valence-electron chi connectivity index (χ4n) is 2.46. The van der Waals surface area contributed by atoms with Gasteiger partial charge >= 0.3 is 0 Å². The number of rotatable bonds is 6. The van der Waals surface area contributed by atoms with Gasteiger partial charge in [-0.25, -0.2) is 4.98 Å². The number of hydrogen-bond acceptors (Lipinski definition) is 7. The van der Waals surface area contributed by atoms with Crippen LogP contribution in [0.5, 0.6) is 0 Å². The molecule has 148 valence electrons. The summed E-state index contributed by atoms with van der Waals surface area (Å²) in [5.74, 6) is -0.149. The lowest BCUT2D eigenvalue weighted by Crippen LogP contribution is -2.21. The van der Waals surface area contributed by atoms with Gasteiger partial charge in [0.05, 0.1) is 9.58 Å². The SMILES string of the molecule is CCN(CC)c1nc2sc(C(=O)Nc3ccc(SC(=O)N(C)C)cc3)cc2s1. The van der Waals surface area contributed by atoms with Crippen molar-refractivity contribution >= 4 is 65.9 Å². The molecule has 0 bridgehead atoms. The smallest absolute Gasteiger partial charge is 0.285 e. The molecule has 0 aliphatic carbocycles. The Morgan fingerprint density at radius 1 is 1.11 bits per heavy atom. The second-order valence-corrected chi connectivity index (χ2v) is 9.25. The predicted octanol–water partition coefficient (Wildman–Crippen LogP) is 5.23. The Labute approximate surface area is 176 Å². The molecule has 2 heterocycles. The molecule has 0 unspecified atom stereocenters. The number of thioether (sulfide) groups is 1. The number of fused-ring (bicyclic) bond motifs is 1. The van der Waals surface area contributed by atoms with Crippen LogP contribution >= 0.6 is 34.4 Å². The number of anilines is 2. The quantitative estimate of drug-likeness (QED) is 0.538. The number of aromatic nitrogens is 1. The number of carbonyl (C=O) groups is 2. The maximum absolute atomic E-state index is 12.6. The minimum absolute atomic E-state index is 0.0352. The van der Waals surface area contributed by atoms with Crippen molar-refractivity contribution in [2.45, 2.75) is 18.7 Å². The first-order valence-corrected chi connectivity index (χ1v) is 11.3. The third kappa shape index (κ3) is 4.65. The molecule has 0 saturated heterocycles. The Balaban J connectivity index is 1.67. The van der Waals surface area contributed by atoms with Gasteiger partial charge in [-0.05, 0) is 55.9 Å². The lowest BCUT2D eigenvalue weighted by molar-refractivity contribution is 0.103. The molecule has 28 heavy (non-hydrogen) atoms. The maximum atomic E-state index is 12.6. The van der Waals surface area contributed by atoms with Gasteiger partial charge in [-0.3, -0.25) is 9.59 Å². The highest BCUT2D eigenvalue weighted by Crippen LogP contribution is 2.35. The second kappa shape index (κ2) is 8.93. The number of amides is 2. The maximum Gasteiger partial charge on any atom is 0.285 e. The summed E-state index contributed by atoms with van der Waals surface area (Å²) in [5.41, 5.74) is 0.695. The molecule has 0 fully saturated rings. The summed E-state index contributed by atoms with van der Waals surface area (Å²) in [6.07, 6.45) is 0. The molecule has 9 heteroatoms. The predicted molar refractivity (Wildman–Crippen MR) is 120 cm³/mol. The monoisotopic (exact) mass is 434 g/mol. The number of thiazole rings is 1. The van der Waals surface area contributed by atoms with Crippen LogP contribution in [-0.4, -0.2) is 48.2 Å². The molecule has 1 aromatic carbocycles. The lowest BCUT2D eigenvalue weighted by atomic mass is 10.3. The summed E-state index contributed by atoms with van der Waals surface area (Å²) in [5, 5.41) is 3.87. The van der Waals surface area contributed by atoms with Gasteiger partial charge in [-0.15, -0.1) is 11.3 Å². The molecule has 2 aromatic heterocycles. The molecule has 2 amide bonds.